The highest BCUT2D eigenvalue weighted by Gasteiger charge is 2.42. The lowest BCUT2D eigenvalue weighted by Gasteiger charge is -2.33. The number of alkyl carbamates (subject to hydrolysis) is 1. The Morgan fingerprint density at radius 1 is 0.877 bits per heavy atom. The number of carbonyl (C=O) groups excluding carboxylic acids is 5. The Bertz CT molecular complexity index is 1800. The second-order valence-corrected chi connectivity index (χ2v) is 13.6. The van der Waals surface area contributed by atoms with Crippen molar-refractivity contribution < 1.29 is 60.9 Å². The SMILES string of the molecule is CC(C)(C)[C@@H](NCC[C@H](NC(=O)[C@@H](N)CC(N)=O)C(=O)NCCNC(=O)OC(=O)C(F)(F)F)c1cc(-c2cc(F)ccc2F)cn1Cc1ccccc1.OCCO. The van der Waals surface area contributed by atoms with Crippen molar-refractivity contribution >= 4 is 29.8 Å². The maximum absolute atomic E-state index is 14.9. The predicted molar refractivity (Wildman–Crippen MR) is 197 cm³/mol. The minimum atomic E-state index is -5.39. The Labute approximate surface area is 325 Å². The first-order valence-corrected chi connectivity index (χ1v) is 17.5. The van der Waals surface area contributed by atoms with Crippen molar-refractivity contribution in [3.8, 4) is 11.1 Å². The molecule has 0 fully saturated rings. The van der Waals surface area contributed by atoms with E-state index >= 15 is 0 Å². The van der Waals surface area contributed by atoms with Gasteiger partial charge in [-0.2, -0.15) is 13.2 Å². The molecule has 4 amide bonds. The fraction of sp³-hybridized carbons (Fsp3) is 0.432. The molecule has 0 saturated carbocycles. The van der Waals surface area contributed by atoms with Gasteiger partial charge >= 0.3 is 18.2 Å². The number of aliphatic hydroxyl groups excluding tert-OH is 2. The molecule has 1 aromatic heterocycles. The predicted octanol–water partition coefficient (Wildman–Crippen LogP) is 2.14. The maximum Gasteiger partial charge on any atom is 0.491 e. The van der Waals surface area contributed by atoms with E-state index in [2.05, 4.69) is 20.7 Å². The molecule has 20 heteroatoms. The van der Waals surface area contributed by atoms with Crippen molar-refractivity contribution in [3.63, 3.8) is 0 Å². The van der Waals surface area contributed by atoms with Gasteiger partial charge in [-0.1, -0.05) is 51.1 Å². The number of benzene rings is 2. The number of hydrogen-bond acceptors (Lipinski definition) is 10. The molecule has 2 aromatic carbocycles. The molecule has 0 aliphatic carbocycles. The van der Waals surface area contributed by atoms with Crippen molar-refractivity contribution in [1.82, 2.24) is 25.8 Å². The van der Waals surface area contributed by atoms with Crippen LogP contribution in [0.4, 0.5) is 26.7 Å². The normalized spacial score (nSPS) is 13.0. The number of esters is 1. The van der Waals surface area contributed by atoms with Crippen molar-refractivity contribution in [2.45, 2.75) is 64.5 Å². The average Bonchev–Trinajstić information content (AvgIpc) is 3.53. The Balaban J connectivity index is 0.00000267. The van der Waals surface area contributed by atoms with Crippen molar-refractivity contribution in [2.75, 3.05) is 32.8 Å². The molecule has 57 heavy (non-hydrogen) atoms. The van der Waals surface area contributed by atoms with Crippen molar-refractivity contribution in [3.05, 3.63) is 83.7 Å². The lowest BCUT2D eigenvalue weighted by atomic mass is 9.84. The van der Waals surface area contributed by atoms with Gasteiger partial charge in [0.1, 0.15) is 17.7 Å². The van der Waals surface area contributed by atoms with Crippen LogP contribution in [0, 0.1) is 17.0 Å². The number of nitrogens with zero attached hydrogens (tertiary/aromatic N) is 1. The highest BCUT2D eigenvalue weighted by atomic mass is 19.4. The molecule has 314 valence electrons. The number of carbonyl (C=O) groups is 5. The number of rotatable bonds is 17. The first-order chi connectivity index (χ1) is 26.7. The van der Waals surface area contributed by atoms with E-state index in [0.717, 1.165) is 23.8 Å². The number of nitrogens with two attached hydrogens (primary N) is 2. The molecule has 1 heterocycles. The van der Waals surface area contributed by atoms with Crippen LogP contribution in [-0.2, 0) is 30.5 Å². The topological polar surface area (TPSA) is 240 Å². The van der Waals surface area contributed by atoms with Crippen molar-refractivity contribution in [1.29, 1.82) is 0 Å². The molecule has 0 unspecified atom stereocenters. The number of ether oxygens (including phenoxy) is 1. The number of halogens is 5. The van der Waals surface area contributed by atoms with Crippen LogP contribution >= 0.6 is 0 Å². The monoisotopic (exact) mass is 813 g/mol. The van der Waals surface area contributed by atoms with E-state index in [1.165, 1.54) is 0 Å². The van der Waals surface area contributed by atoms with E-state index in [0.29, 0.717) is 17.8 Å². The number of aromatic nitrogens is 1. The summed E-state index contributed by atoms with van der Waals surface area (Å²) in [7, 11) is 0. The van der Waals surface area contributed by atoms with Crippen LogP contribution in [0.1, 0.15) is 50.9 Å². The zero-order valence-corrected chi connectivity index (χ0v) is 31.5. The summed E-state index contributed by atoms with van der Waals surface area (Å²) in [5.74, 6) is -6.46. The molecule has 0 aliphatic rings. The van der Waals surface area contributed by atoms with Crippen molar-refractivity contribution in [2.24, 2.45) is 16.9 Å². The van der Waals surface area contributed by atoms with Crippen LogP contribution < -0.4 is 32.7 Å². The summed E-state index contributed by atoms with van der Waals surface area (Å²) in [4.78, 5) is 59.6. The minimum Gasteiger partial charge on any atom is -0.394 e. The first-order valence-electron chi connectivity index (χ1n) is 17.5. The van der Waals surface area contributed by atoms with Gasteiger partial charge in [0, 0.05) is 42.7 Å². The van der Waals surface area contributed by atoms with Gasteiger partial charge in [-0.25, -0.2) is 18.4 Å². The number of nitrogens with one attached hydrogen (secondary N) is 4. The summed E-state index contributed by atoms with van der Waals surface area (Å²) in [6, 6.07) is 11.2. The minimum absolute atomic E-state index is 0.0617. The maximum atomic E-state index is 14.9. The average molecular weight is 814 g/mol. The fourth-order valence-electron chi connectivity index (χ4n) is 5.29. The van der Waals surface area contributed by atoms with Gasteiger partial charge in [0.05, 0.1) is 31.7 Å². The third-order valence-electron chi connectivity index (χ3n) is 7.91. The molecule has 10 N–H and O–H groups in total. The molecule has 0 spiro atoms. The number of hydrogen-bond donors (Lipinski definition) is 8. The number of alkyl halides is 3. The third-order valence-corrected chi connectivity index (χ3v) is 7.91. The van der Waals surface area contributed by atoms with Crippen LogP contribution in [0.5, 0.6) is 0 Å². The van der Waals surface area contributed by atoms with Gasteiger partial charge in [0.25, 0.3) is 0 Å². The molecular formula is C37H48F5N7O8. The molecule has 0 bridgehead atoms. The van der Waals surface area contributed by atoms with E-state index in [-0.39, 0.29) is 38.3 Å². The molecule has 3 atom stereocenters. The molecule has 0 radical (unpaired) electrons. The molecule has 0 aliphatic heterocycles. The van der Waals surface area contributed by atoms with Gasteiger partial charge in [0.2, 0.25) is 17.7 Å². The second kappa shape index (κ2) is 22.3. The van der Waals surface area contributed by atoms with E-state index in [9.17, 15) is 45.9 Å². The molecular weight excluding hydrogens is 765 g/mol. The number of amides is 4. The van der Waals surface area contributed by atoms with E-state index in [4.69, 9.17) is 21.7 Å². The molecule has 0 saturated heterocycles. The van der Waals surface area contributed by atoms with Gasteiger partial charge in [-0.15, -0.1) is 0 Å². The third kappa shape index (κ3) is 16.3. The Hall–Kier alpha value is -5.44. The van der Waals surface area contributed by atoms with Gasteiger partial charge in [0.15, 0.2) is 0 Å². The van der Waals surface area contributed by atoms with Crippen LogP contribution in [0.3, 0.4) is 0 Å². The van der Waals surface area contributed by atoms with E-state index < -0.39 is 84.1 Å². The highest BCUT2D eigenvalue weighted by molar-refractivity contribution is 5.92. The number of primary amides is 1. The van der Waals surface area contributed by atoms with Crippen LogP contribution in [0.25, 0.3) is 11.1 Å². The summed E-state index contributed by atoms with van der Waals surface area (Å²) in [6.07, 6.45) is -5.94. The second-order valence-electron chi connectivity index (χ2n) is 13.6. The standard InChI is InChI=1S/C35H42F5N7O6.C2H6O2/c1-34(2,3)29(27-15-21(23-16-22(36)9-10-24(23)37)19-47(27)18-20-7-5-4-6-8-20)43-12-11-26(46-30(49)25(41)17-28(42)48)31(50)44-13-14-45-33(52)53-32(51)35(38,39)40;3-1-2-4/h4-10,15-16,19,25-26,29,43H,11-14,17-18,41H2,1-3H3,(H2,42,48)(H,44,50)(H,45,52)(H,46,49);3-4H,1-2H2/t25-,26-,29-;/m0./s1. The first kappa shape index (κ1) is 47.7. The quantitative estimate of drug-likeness (QED) is 0.0428. The van der Waals surface area contributed by atoms with E-state index in [1.807, 2.05) is 61.0 Å². The fourth-order valence-corrected chi connectivity index (χ4v) is 5.29. The van der Waals surface area contributed by atoms with Crippen LogP contribution in [-0.4, -0.2) is 95.7 Å². The molecule has 3 rings (SSSR count). The Morgan fingerprint density at radius 2 is 1.51 bits per heavy atom. The number of aliphatic hydroxyl groups is 2. The summed E-state index contributed by atoms with van der Waals surface area (Å²) in [6.45, 7) is 5.25. The summed E-state index contributed by atoms with van der Waals surface area (Å²) in [5.41, 5.74) is 12.5. The Kier molecular flexibility index (Phi) is 18.7. The highest BCUT2D eigenvalue weighted by Crippen LogP contribution is 2.37. The zero-order chi connectivity index (χ0) is 42.9. The summed E-state index contributed by atoms with van der Waals surface area (Å²) in [5, 5.41) is 25.4. The zero-order valence-electron chi connectivity index (χ0n) is 31.5. The van der Waals surface area contributed by atoms with Crippen LogP contribution in [0.2, 0.25) is 0 Å². The van der Waals surface area contributed by atoms with Gasteiger partial charge in [-0.3, -0.25) is 14.4 Å². The summed E-state index contributed by atoms with van der Waals surface area (Å²) < 4.78 is 71.7. The largest absolute Gasteiger partial charge is 0.491 e. The molecule has 15 nitrogen and oxygen atoms in total. The lowest BCUT2D eigenvalue weighted by molar-refractivity contribution is -0.192. The smallest absolute Gasteiger partial charge is 0.394 e. The van der Waals surface area contributed by atoms with Gasteiger partial charge < -0.3 is 52.3 Å². The summed E-state index contributed by atoms with van der Waals surface area (Å²) >= 11 is 0. The van der Waals surface area contributed by atoms with E-state index in [1.54, 1.807) is 12.3 Å². The lowest BCUT2D eigenvalue weighted by Crippen LogP contribution is -2.54. The molecule has 3 aromatic rings. The van der Waals surface area contributed by atoms with Gasteiger partial charge in [-0.05, 0) is 48.2 Å². The van der Waals surface area contributed by atoms with Crippen LogP contribution in [0.15, 0.2) is 60.8 Å². The Morgan fingerprint density at radius 3 is 2.09 bits per heavy atom.